The van der Waals surface area contributed by atoms with Gasteiger partial charge in [-0.25, -0.2) is 9.97 Å². The smallest absolute Gasteiger partial charge is 0.134 e. The van der Waals surface area contributed by atoms with Crippen LogP contribution in [0.5, 0.6) is 0 Å². The van der Waals surface area contributed by atoms with Crippen molar-refractivity contribution in [2.75, 3.05) is 17.2 Å². The molecule has 4 nitrogen and oxygen atoms in total. The van der Waals surface area contributed by atoms with Crippen molar-refractivity contribution in [3.63, 3.8) is 0 Å². The van der Waals surface area contributed by atoms with Crippen molar-refractivity contribution in [2.45, 2.75) is 72.3 Å². The summed E-state index contributed by atoms with van der Waals surface area (Å²) in [6.07, 6.45) is 7.67. The number of nitrogens with zero attached hydrogens (tertiary/aromatic N) is 2. The maximum absolute atomic E-state index is 4.64. The molecular weight excluding hydrogens is 260 g/mol. The van der Waals surface area contributed by atoms with Crippen molar-refractivity contribution in [3.8, 4) is 0 Å². The minimum absolute atomic E-state index is 0.566. The lowest BCUT2D eigenvalue weighted by Crippen LogP contribution is -2.32. The third-order valence-corrected chi connectivity index (χ3v) is 4.56. The van der Waals surface area contributed by atoms with E-state index in [-0.39, 0.29) is 0 Å². The Bertz CT molecular complexity index is 458. The predicted molar refractivity (Wildman–Crippen MR) is 89.9 cm³/mol. The molecule has 0 amide bonds. The highest BCUT2D eigenvalue weighted by atomic mass is 15.1. The molecule has 2 atom stereocenters. The number of aryl methyl sites for hydroxylation is 1. The van der Waals surface area contributed by atoms with E-state index in [9.17, 15) is 0 Å². The Kier molecular flexibility index (Phi) is 5.83. The Morgan fingerprint density at radius 1 is 1.05 bits per heavy atom. The largest absolute Gasteiger partial charge is 0.370 e. The van der Waals surface area contributed by atoms with E-state index in [1.807, 2.05) is 6.92 Å². The molecule has 1 aromatic heterocycles. The first-order valence-electron chi connectivity index (χ1n) is 8.51. The van der Waals surface area contributed by atoms with Gasteiger partial charge < -0.3 is 10.6 Å². The molecule has 4 heteroatoms. The Morgan fingerprint density at radius 3 is 2.48 bits per heavy atom. The highest BCUT2D eigenvalue weighted by Gasteiger charge is 2.24. The Hall–Kier alpha value is -1.32. The lowest BCUT2D eigenvalue weighted by Gasteiger charge is -2.32. The molecule has 0 aliphatic heterocycles. The molecule has 0 bridgehead atoms. The molecule has 0 radical (unpaired) electrons. The van der Waals surface area contributed by atoms with Gasteiger partial charge in [-0.2, -0.15) is 0 Å². The fourth-order valence-corrected chi connectivity index (χ4v) is 3.25. The van der Waals surface area contributed by atoms with E-state index in [1.165, 1.54) is 32.1 Å². The van der Waals surface area contributed by atoms with Gasteiger partial charge in [-0.05, 0) is 39.0 Å². The van der Waals surface area contributed by atoms with Crippen molar-refractivity contribution < 1.29 is 0 Å². The van der Waals surface area contributed by atoms with Crippen LogP contribution in [-0.4, -0.2) is 22.6 Å². The van der Waals surface area contributed by atoms with Crippen molar-refractivity contribution in [2.24, 2.45) is 5.92 Å². The Labute approximate surface area is 129 Å². The molecule has 1 heterocycles. The molecular formula is C17H30N4. The summed E-state index contributed by atoms with van der Waals surface area (Å²) >= 11 is 0. The molecule has 0 aromatic carbocycles. The SMILES string of the molecule is CCCNc1nc(C)nc(NC2CCCCC2CC)c1C. The highest BCUT2D eigenvalue weighted by Crippen LogP contribution is 2.30. The quantitative estimate of drug-likeness (QED) is 0.820. The van der Waals surface area contributed by atoms with Crippen LogP contribution in [0.4, 0.5) is 11.6 Å². The summed E-state index contributed by atoms with van der Waals surface area (Å²) in [5.74, 6) is 3.62. The monoisotopic (exact) mass is 290 g/mol. The summed E-state index contributed by atoms with van der Waals surface area (Å²) in [5, 5.41) is 7.13. The van der Waals surface area contributed by atoms with Crippen LogP contribution < -0.4 is 10.6 Å². The number of rotatable bonds is 6. The number of aromatic nitrogens is 2. The molecule has 0 spiro atoms. The van der Waals surface area contributed by atoms with Gasteiger partial charge in [-0.3, -0.25) is 0 Å². The number of nitrogens with one attached hydrogen (secondary N) is 2. The van der Waals surface area contributed by atoms with Gasteiger partial charge in [0.05, 0.1) is 0 Å². The third-order valence-electron chi connectivity index (χ3n) is 4.56. The van der Waals surface area contributed by atoms with Gasteiger partial charge >= 0.3 is 0 Å². The van der Waals surface area contributed by atoms with E-state index in [4.69, 9.17) is 0 Å². The second-order valence-corrected chi connectivity index (χ2v) is 6.22. The minimum Gasteiger partial charge on any atom is -0.370 e. The van der Waals surface area contributed by atoms with Crippen LogP contribution in [0.2, 0.25) is 0 Å². The molecule has 1 aliphatic carbocycles. The van der Waals surface area contributed by atoms with Crippen molar-refractivity contribution in [1.82, 2.24) is 9.97 Å². The third kappa shape index (κ3) is 4.08. The lowest BCUT2D eigenvalue weighted by molar-refractivity contribution is 0.316. The van der Waals surface area contributed by atoms with Gasteiger partial charge in [0, 0.05) is 18.2 Å². The van der Waals surface area contributed by atoms with Gasteiger partial charge in [0.1, 0.15) is 17.5 Å². The van der Waals surface area contributed by atoms with Crippen LogP contribution in [0.15, 0.2) is 0 Å². The van der Waals surface area contributed by atoms with E-state index in [2.05, 4.69) is 41.4 Å². The fourth-order valence-electron chi connectivity index (χ4n) is 3.25. The normalized spacial score (nSPS) is 22.1. The lowest BCUT2D eigenvalue weighted by atomic mass is 9.83. The molecule has 1 fully saturated rings. The molecule has 118 valence electrons. The van der Waals surface area contributed by atoms with Crippen molar-refractivity contribution >= 4 is 11.6 Å². The summed E-state index contributed by atoms with van der Waals surface area (Å²) < 4.78 is 0. The average molecular weight is 290 g/mol. The van der Waals surface area contributed by atoms with Crippen LogP contribution in [0, 0.1) is 19.8 Å². The van der Waals surface area contributed by atoms with Crippen LogP contribution in [-0.2, 0) is 0 Å². The highest BCUT2D eigenvalue weighted by molar-refractivity contribution is 5.57. The summed E-state index contributed by atoms with van der Waals surface area (Å²) in [7, 11) is 0. The summed E-state index contributed by atoms with van der Waals surface area (Å²) in [4.78, 5) is 9.18. The molecule has 0 saturated heterocycles. The van der Waals surface area contributed by atoms with Crippen molar-refractivity contribution in [1.29, 1.82) is 0 Å². The van der Waals surface area contributed by atoms with E-state index in [0.29, 0.717) is 6.04 Å². The summed E-state index contributed by atoms with van der Waals surface area (Å²) in [5.41, 5.74) is 1.15. The number of hydrogen-bond acceptors (Lipinski definition) is 4. The first-order chi connectivity index (χ1) is 10.2. The van der Waals surface area contributed by atoms with E-state index < -0.39 is 0 Å². The zero-order chi connectivity index (χ0) is 15.2. The van der Waals surface area contributed by atoms with Crippen LogP contribution >= 0.6 is 0 Å². The summed E-state index contributed by atoms with van der Waals surface area (Å²) in [6, 6.07) is 0.566. The molecule has 1 saturated carbocycles. The predicted octanol–water partition coefficient (Wildman–Crippen LogP) is 4.30. The molecule has 2 unspecified atom stereocenters. The minimum atomic E-state index is 0.566. The molecule has 2 rings (SSSR count). The standard InChI is InChI=1S/C17H30N4/c1-5-11-18-16-12(3)17(20-13(4)19-16)21-15-10-8-7-9-14(15)6-2/h14-15H,5-11H2,1-4H3,(H2,18,19,20,21). The first kappa shape index (κ1) is 16.1. The van der Waals surface area contributed by atoms with Crippen LogP contribution in [0.25, 0.3) is 0 Å². The fraction of sp³-hybridized carbons (Fsp3) is 0.765. The van der Waals surface area contributed by atoms with E-state index >= 15 is 0 Å². The number of anilines is 2. The first-order valence-corrected chi connectivity index (χ1v) is 8.51. The molecule has 1 aliphatic rings. The van der Waals surface area contributed by atoms with Gasteiger partial charge in [-0.1, -0.05) is 33.1 Å². The van der Waals surface area contributed by atoms with Gasteiger partial charge in [0.15, 0.2) is 0 Å². The maximum Gasteiger partial charge on any atom is 0.134 e. The summed E-state index contributed by atoms with van der Waals surface area (Å²) in [6.45, 7) is 9.52. The maximum atomic E-state index is 4.64. The zero-order valence-electron chi connectivity index (χ0n) is 14.0. The van der Waals surface area contributed by atoms with Gasteiger partial charge in [0.2, 0.25) is 0 Å². The van der Waals surface area contributed by atoms with Crippen molar-refractivity contribution in [3.05, 3.63) is 11.4 Å². The molecule has 21 heavy (non-hydrogen) atoms. The zero-order valence-corrected chi connectivity index (χ0v) is 14.0. The van der Waals surface area contributed by atoms with Gasteiger partial charge in [-0.15, -0.1) is 0 Å². The second kappa shape index (κ2) is 7.62. The van der Waals surface area contributed by atoms with E-state index in [0.717, 1.165) is 41.9 Å². The average Bonchev–Trinajstić information content (AvgIpc) is 2.49. The molecule has 1 aromatic rings. The number of hydrogen-bond donors (Lipinski definition) is 2. The van der Waals surface area contributed by atoms with Gasteiger partial charge in [0.25, 0.3) is 0 Å². The second-order valence-electron chi connectivity index (χ2n) is 6.22. The van der Waals surface area contributed by atoms with Crippen LogP contribution in [0.1, 0.15) is 63.8 Å². The topological polar surface area (TPSA) is 49.8 Å². The Balaban J connectivity index is 2.16. The van der Waals surface area contributed by atoms with Crippen LogP contribution in [0.3, 0.4) is 0 Å². The van der Waals surface area contributed by atoms with E-state index in [1.54, 1.807) is 0 Å². The molecule has 2 N–H and O–H groups in total. The Morgan fingerprint density at radius 2 is 1.76 bits per heavy atom.